The lowest BCUT2D eigenvalue weighted by Crippen LogP contribution is -2.37. The third-order valence-corrected chi connectivity index (χ3v) is 5.77. The Hall–Kier alpha value is -1.41. The molecule has 0 bridgehead atoms. The maximum absolute atomic E-state index is 12.5. The van der Waals surface area contributed by atoms with Crippen molar-refractivity contribution in [3.05, 3.63) is 54.4 Å². The number of nitrogens with zero attached hydrogens (tertiary/aromatic N) is 4. The van der Waals surface area contributed by atoms with Crippen molar-refractivity contribution in [1.29, 1.82) is 0 Å². The van der Waals surface area contributed by atoms with Gasteiger partial charge in [0.15, 0.2) is 11.2 Å². The van der Waals surface area contributed by atoms with Gasteiger partial charge in [0.1, 0.15) is 0 Å². The average molecular weight is 420 g/mol. The number of benzene rings is 1. The number of imidazole rings is 1. The zero-order valence-electron chi connectivity index (χ0n) is 13.3. The van der Waals surface area contributed by atoms with E-state index in [0.717, 1.165) is 9.46 Å². The summed E-state index contributed by atoms with van der Waals surface area (Å²) in [6.07, 6.45) is 0. The van der Waals surface area contributed by atoms with Gasteiger partial charge in [-0.05, 0) is 29.8 Å². The summed E-state index contributed by atoms with van der Waals surface area (Å²) in [6, 6.07) is 5.24. The number of halogens is 3. The molecule has 1 aromatic carbocycles. The number of thioether (sulfide) groups is 1. The van der Waals surface area contributed by atoms with Crippen LogP contribution in [0.1, 0.15) is 0 Å². The highest BCUT2D eigenvalue weighted by atomic mass is 35.5. The lowest BCUT2D eigenvalue weighted by molar-refractivity contribution is 0.700. The van der Waals surface area contributed by atoms with Crippen LogP contribution in [0, 0.1) is 0 Å². The first kappa shape index (κ1) is 18.4. The standard InChI is InChI=1S/C15H13Cl3N4O2S/c1-20-12-11(13(23)21(2)15(20)24)22(14(18)19-12)5-6-25-10-7-8(16)3-4-9(10)17/h3-4,7H,5-6H2,1-2H3. The highest BCUT2D eigenvalue weighted by Gasteiger charge is 2.18. The van der Waals surface area contributed by atoms with Crippen LogP contribution in [-0.2, 0) is 20.6 Å². The van der Waals surface area contributed by atoms with Gasteiger partial charge in [0.25, 0.3) is 5.56 Å². The van der Waals surface area contributed by atoms with Crippen molar-refractivity contribution in [2.24, 2.45) is 14.1 Å². The molecular formula is C15H13Cl3N4O2S. The van der Waals surface area contributed by atoms with E-state index >= 15 is 0 Å². The molecule has 0 radical (unpaired) electrons. The molecule has 0 N–H and O–H groups in total. The first-order chi connectivity index (χ1) is 11.8. The second-order valence-corrected chi connectivity index (χ2v) is 7.65. The van der Waals surface area contributed by atoms with E-state index < -0.39 is 11.2 Å². The van der Waals surface area contributed by atoms with E-state index in [1.807, 2.05) is 0 Å². The molecule has 2 aromatic heterocycles. The molecule has 25 heavy (non-hydrogen) atoms. The van der Waals surface area contributed by atoms with Crippen LogP contribution >= 0.6 is 46.6 Å². The molecule has 10 heteroatoms. The molecule has 0 fully saturated rings. The molecule has 0 aliphatic rings. The number of fused-ring (bicyclic) bond motifs is 1. The molecule has 3 rings (SSSR count). The van der Waals surface area contributed by atoms with Gasteiger partial charge in [0.2, 0.25) is 5.28 Å². The Labute approximate surface area is 161 Å². The SMILES string of the molecule is Cn1c(=O)c2c(nc(Cl)n2CCSc2cc(Cl)ccc2Cl)n(C)c1=O. The fraction of sp³-hybridized carbons (Fsp3) is 0.267. The molecule has 0 unspecified atom stereocenters. The minimum atomic E-state index is -0.445. The van der Waals surface area contributed by atoms with Crippen LogP contribution < -0.4 is 11.2 Å². The summed E-state index contributed by atoms with van der Waals surface area (Å²) in [7, 11) is 2.98. The molecule has 2 heterocycles. The lowest BCUT2D eigenvalue weighted by atomic mass is 10.4. The van der Waals surface area contributed by atoms with E-state index in [1.165, 1.54) is 23.4 Å². The molecule has 0 atom stereocenters. The molecular weight excluding hydrogens is 407 g/mol. The Balaban J connectivity index is 1.95. The van der Waals surface area contributed by atoms with Gasteiger partial charge in [-0.15, -0.1) is 11.8 Å². The second kappa shape index (κ2) is 7.07. The average Bonchev–Trinajstić information content (AvgIpc) is 2.91. The fourth-order valence-electron chi connectivity index (χ4n) is 2.46. The summed E-state index contributed by atoms with van der Waals surface area (Å²) in [5.41, 5.74) is -0.307. The molecule has 0 amide bonds. The summed E-state index contributed by atoms with van der Waals surface area (Å²) in [5.74, 6) is 0.594. The normalized spacial score (nSPS) is 11.4. The van der Waals surface area contributed by atoms with Gasteiger partial charge < -0.3 is 4.57 Å². The van der Waals surface area contributed by atoms with Crippen molar-refractivity contribution < 1.29 is 0 Å². The summed E-state index contributed by atoms with van der Waals surface area (Å²) in [6.45, 7) is 0.427. The number of aryl methyl sites for hydroxylation is 2. The Morgan fingerprint density at radius 1 is 1.12 bits per heavy atom. The lowest BCUT2D eigenvalue weighted by Gasteiger charge is -2.08. The van der Waals surface area contributed by atoms with Gasteiger partial charge in [-0.25, -0.2) is 4.79 Å². The second-order valence-electron chi connectivity index (χ2n) is 5.33. The molecule has 0 spiro atoms. The van der Waals surface area contributed by atoms with Crippen LogP contribution in [0.25, 0.3) is 11.2 Å². The van der Waals surface area contributed by atoms with E-state index in [9.17, 15) is 9.59 Å². The van der Waals surface area contributed by atoms with Crippen molar-refractivity contribution in [2.75, 3.05) is 5.75 Å². The summed E-state index contributed by atoms with van der Waals surface area (Å²) < 4.78 is 3.95. The Morgan fingerprint density at radius 3 is 2.56 bits per heavy atom. The van der Waals surface area contributed by atoms with Crippen LogP contribution in [0.15, 0.2) is 32.7 Å². The van der Waals surface area contributed by atoms with Gasteiger partial charge >= 0.3 is 5.69 Å². The number of aromatic nitrogens is 4. The first-order valence-electron chi connectivity index (χ1n) is 7.21. The van der Waals surface area contributed by atoms with E-state index in [1.54, 1.807) is 29.8 Å². The van der Waals surface area contributed by atoms with Gasteiger partial charge in [-0.2, -0.15) is 4.98 Å². The van der Waals surface area contributed by atoms with Crippen LogP contribution in [0.5, 0.6) is 0 Å². The Bertz CT molecular complexity index is 1090. The highest BCUT2D eigenvalue weighted by Crippen LogP contribution is 2.30. The van der Waals surface area contributed by atoms with Crippen LogP contribution in [-0.4, -0.2) is 24.4 Å². The van der Waals surface area contributed by atoms with E-state index in [2.05, 4.69) is 4.98 Å². The van der Waals surface area contributed by atoms with Crippen LogP contribution in [0.4, 0.5) is 0 Å². The van der Waals surface area contributed by atoms with E-state index in [4.69, 9.17) is 34.8 Å². The predicted molar refractivity (Wildman–Crippen MR) is 102 cm³/mol. The zero-order valence-corrected chi connectivity index (χ0v) is 16.4. The summed E-state index contributed by atoms with van der Waals surface area (Å²) in [4.78, 5) is 29.4. The van der Waals surface area contributed by atoms with Gasteiger partial charge in [0.05, 0.1) is 5.02 Å². The molecule has 0 saturated heterocycles. The van der Waals surface area contributed by atoms with E-state index in [-0.39, 0.29) is 10.9 Å². The van der Waals surface area contributed by atoms with Crippen molar-refractivity contribution in [3.8, 4) is 0 Å². The van der Waals surface area contributed by atoms with Gasteiger partial charge in [-0.1, -0.05) is 23.2 Å². The maximum Gasteiger partial charge on any atom is 0.332 e. The third kappa shape index (κ3) is 3.33. The van der Waals surface area contributed by atoms with Crippen molar-refractivity contribution in [1.82, 2.24) is 18.7 Å². The zero-order chi connectivity index (χ0) is 18.3. The molecule has 0 aliphatic carbocycles. The third-order valence-electron chi connectivity index (χ3n) is 3.77. The van der Waals surface area contributed by atoms with Crippen molar-refractivity contribution >= 4 is 57.7 Å². The maximum atomic E-state index is 12.5. The molecule has 6 nitrogen and oxygen atoms in total. The molecule has 0 saturated carbocycles. The molecule has 3 aromatic rings. The number of hydrogen-bond donors (Lipinski definition) is 0. The fourth-order valence-corrected chi connectivity index (χ4v) is 4.14. The van der Waals surface area contributed by atoms with Gasteiger partial charge in [-0.3, -0.25) is 13.9 Å². The monoisotopic (exact) mass is 418 g/mol. The van der Waals surface area contributed by atoms with Gasteiger partial charge in [0, 0.05) is 36.3 Å². The Kier molecular flexibility index (Phi) is 5.20. The molecule has 0 aliphatic heterocycles. The summed E-state index contributed by atoms with van der Waals surface area (Å²) in [5, 5.41) is 1.36. The number of rotatable bonds is 4. The van der Waals surface area contributed by atoms with Crippen molar-refractivity contribution in [3.63, 3.8) is 0 Å². The minimum Gasteiger partial charge on any atom is -0.308 e. The summed E-state index contributed by atoms with van der Waals surface area (Å²) >= 11 is 19.8. The van der Waals surface area contributed by atoms with E-state index in [0.29, 0.717) is 27.9 Å². The smallest absolute Gasteiger partial charge is 0.308 e. The Morgan fingerprint density at radius 2 is 1.84 bits per heavy atom. The van der Waals surface area contributed by atoms with Crippen LogP contribution in [0.2, 0.25) is 15.3 Å². The highest BCUT2D eigenvalue weighted by molar-refractivity contribution is 7.99. The van der Waals surface area contributed by atoms with Crippen LogP contribution in [0.3, 0.4) is 0 Å². The number of hydrogen-bond acceptors (Lipinski definition) is 4. The first-order valence-corrected chi connectivity index (χ1v) is 9.33. The topological polar surface area (TPSA) is 61.8 Å². The predicted octanol–water partition coefficient (Wildman–Crippen LogP) is 3.19. The molecule has 132 valence electrons. The van der Waals surface area contributed by atoms with Crippen molar-refractivity contribution in [2.45, 2.75) is 11.4 Å². The quantitative estimate of drug-likeness (QED) is 0.481. The minimum absolute atomic E-state index is 0.158. The largest absolute Gasteiger partial charge is 0.332 e.